The van der Waals surface area contributed by atoms with Crippen LogP contribution in [0.15, 0.2) is 60.5 Å². The van der Waals surface area contributed by atoms with E-state index in [0.717, 1.165) is 25.5 Å². The summed E-state index contributed by atoms with van der Waals surface area (Å²) in [7, 11) is 0. The SMILES string of the molecule is O=C(Cc1csc(-c2ccc(Cl)s2)n1)NC(Cn1cncn1)c1ccccc1. The highest BCUT2D eigenvalue weighted by molar-refractivity contribution is 7.23. The minimum absolute atomic E-state index is 0.0879. The molecule has 1 atom stereocenters. The van der Waals surface area contributed by atoms with Crippen LogP contribution in [0.2, 0.25) is 4.34 Å². The van der Waals surface area contributed by atoms with Gasteiger partial charge in [-0.2, -0.15) is 5.10 Å². The highest BCUT2D eigenvalue weighted by Crippen LogP contribution is 2.33. The van der Waals surface area contributed by atoms with E-state index in [1.165, 1.54) is 29.0 Å². The Hall–Kier alpha value is -2.55. The van der Waals surface area contributed by atoms with Crippen molar-refractivity contribution in [3.8, 4) is 9.88 Å². The van der Waals surface area contributed by atoms with Crippen molar-refractivity contribution < 1.29 is 4.79 Å². The van der Waals surface area contributed by atoms with Gasteiger partial charge in [-0.25, -0.2) is 9.97 Å². The second-order valence-corrected chi connectivity index (χ2v) is 8.65. The number of carbonyl (C=O) groups is 1. The van der Waals surface area contributed by atoms with Crippen molar-refractivity contribution in [1.82, 2.24) is 25.1 Å². The third kappa shape index (κ3) is 4.64. The molecular formula is C19H16ClN5OS2. The van der Waals surface area contributed by atoms with Crippen molar-refractivity contribution in [2.24, 2.45) is 0 Å². The van der Waals surface area contributed by atoms with E-state index in [4.69, 9.17) is 11.6 Å². The first kappa shape index (κ1) is 18.8. The maximum absolute atomic E-state index is 12.7. The van der Waals surface area contributed by atoms with E-state index < -0.39 is 0 Å². The summed E-state index contributed by atoms with van der Waals surface area (Å²) in [4.78, 5) is 22.2. The van der Waals surface area contributed by atoms with E-state index in [1.807, 2.05) is 47.8 Å². The van der Waals surface area contributed by atoms with Crippen LogP contribution in [0.1, 0.15) is 17.3 Å². The lowest BCUT2D eigenvalue weighted by atomic mass is 10.1. The van der Waals surface area contributed by atoms with Crippen LogP contribution in [0.4, 0.5) is 0 Å². The number of halogens is 1. The molecule has 6 nitrogen and oxygen atoms in total. The number of aromatic nitrogens is 4. The van der Waals surface area contributed by atoms with Gasteiger partial charge in [0, 0.05) is 5.38 Å². The van der Waals surface area contributed by atoms with Gasteiger partial charge in [-0.05, 0) is 17.7 Å². The van der Waals surface area contributed by atoms with Gasteiger partial charge >= 0.3 is 0 Å². The lowest BCUT2D eigenvalue weighted by Gasteiger charge is -2.19. The van der Waals surface area contributed by atoms with Crippen LogP contribution in [0.3, 0.4) is 0 Å². The quantitative estimate of drug-likeness (QED) is 0.477. The standard InChI is InChI=1S/C19H16ClN5OS2/c20-17-7-6-16(28-17)19-23-14(10-27-19)8-18(26)24-15(9-25-12-21-11-22-25)13-4-2-1-3-5-13/h1-7,10-12,15H,8-9H2,(H,24,26). The Labute approximate surface area is 174 Å². The Morgan fingerprint density at radius 1 is 1.21 bits per heavy atom. The maximum atomic E-state index is 12.7. The van der Waals surface area contributed by atoms with Crippen LogP contribution in [-0.2, 0) is 17.8 Å². The lowest BCUT2D eigenvalue weighted by molar-refractivity contribution is -0.121. The molecule has 1 aromatic carbocycles. The van der Waals surface area contributed by atoms with Gasteiger partial charge in [0.05, 0.1) is 33.9 Å². The predicted octanol–water partition coefficient (Wildman–Crippen LogP) is 4.22. The van der Waals surface area contributed by atoms with Gasteiger partial charge in [-0.1, -0.05) is 41.9 Å². The molecule has 0 aliphatic rings. The minimum Gasteiger partial charge on any atom is -0.347 e. The first-order valence-electron chi connectivity index (χ1n) is 8.54. The van der Waals surface area contributed by atoms with Crippen LogP contribution < -0.4 is 5.32 Å². The Balaban J connectivity index is 1.45. The van der Waals surface area contributed by atoms with Crippen LogP contribution in [0, 0.1) is 0 Å². The van der Waals surface area contributed by atoms with E-state index >= 15 is 0 Å². The van der Waals surface area contributed by atoms with Crippen LogP contribution >= 0.6 is 34.3 Å². The van der Waals surface area contributed by atoms with Crippen molar-refractivity contribution in [3.05, 3.63) is 76.1 Å². The third-order valence-corrected chi connectivity index (χ3v) is 6.34. The molecule has 3 aromatic heterocycles. The number of nitrogens with one attached hydrogen (secondary N) is 1. The van der Waals surface area contributed by atoms with Gasteiger partial charge < -0.3 is 5.32 Å². The summed E-state index contributed by atoms with van der Waals surface area (Å²) < 4.78 is 2.43. The molecule has 0 spiro atoms. The zero-order valence-corrected chi connectivity index (χ0v) is 17.0. The minimum atomic E-state index is -0.204. The summed E-state index contributed by atoms with van der Waals surface area (Å²) in [5.41, 5.74) is 1.76. The fourth-order valence-corrected chi connectivity index (χ4v) is 4.71. The molecule has 0 radical (unpaired) electrons. The fraction of sp³-hybridized carbons (Fsp3) is 0.158. The number of thiophene rings is 1. The van der Waals surface area contributed by atoms with Gasteiger partial charge in [0.15, 0.2) is 0 Å². The lowest BCUT2D eigenvalue weighted by Crippen LogP contribution is -2.32. The molecule has 3 heterocycles. The highest BCUT2D eigenvalue weighted by Gasteiger charge is 2.17. The number of amides is 1. The summed E-state index contributed by atoms with van der Waals surface area (Å²) >= 11 is 8.99. The molecule has 1 unspecified atom stereocenters. The van der Waals surface area contributed by atoms with Crippen molar-refractivity contribution in [2.75, 3.05) is 0 Å². The molecule has 0 saturated heterocycles. The van der Waals surface area contributed by atoms with E-state index in [9.17, 15) is 4.79 Å². The molecule has 0 bridgehead atoms. The molecule has 0 aliphatic heterocycles. The highest BCUT2D eigenvalue weighted by atomic mass is 35.5. The smallest absolute Gasteiger partial charge is 0.226 e. The number of nitrogens with zero attached hydrogens (tertiary/aromatic N) is 4. The molecule has 4 aromatic rings. The van der Waals surface area contributed by atoms with Gasteiger partial charge in [0.2, 0.25) is 5.91 Å². The Kier molecular flexibility index (Phi) is 5.80. The second-order valence-electron chi connectivity index (χ2n) is 6.07. The maximum Gasteiger partial charge on any atom is 0.226 e. The predicted molar refractivity (Wildman–Crippen MR) is 111 cm³/mol. The molecule has 0 aliphatic carbocycles. The van der Waals surface area contributed by atoms with Crippen molar-refractivity contribution >= 4 is 40.2 Å². The average molecular weight is 430 g/mol. The normalized spacial score (nSPS) is 12.0. The largest absolute Gasteiger partial charge is 0.347 e. The van der Waals surface area contributed by atoms with E-state index in [-0.39, 0.29) is 18.4 Å². The number of carbonyl (C=O) groups excluding carboxylic acids is 1. The molecule has 9 heteroatoms. The van der Waals surface area contributed by atoms with Crippen molar-refractivity contribution in [1.29, 1.82) is 0 Å². The molecule has 0 fully saturated rings. The zero-order valence-electron chi connectivity index (χ0n) is 14.7. The summed E-state index contributed by atoms with van der Waals surface area (Å²) in [6, 6.07) is 13.4. The first-order chi connectivity index (χ1) is 13.7. The summed E-state index contributed by atoms with van der Waals surface area (Å²) in [5.74, 6) is -0.0879. The monoisotopic (exact) mass is 429 g/mol. The molecule has 142 valence electrons. The number of rotatable bonds is 7. The van der Waals surface area contributed by atoms with Gasteiger partial charge in [-0.15, -0.1) is 22.7 Å². The van der Waals surface area contributed by atoms with Crippen LogP contribution in [-0.4, -0.2) is 25.7 Å². The molecular weight excluding hydrogens is 414 g/mol. The van der Waals surface area contributed by atoms with Crippen molar-refractivity contribution in [3.63, 3.8) is 0 Å². The summed E-state index contributed by atoms with van der Waals surface area (Å²) in [6.45, 7) is 0.506. The van der Waals surface area contributed by atoms with E-state index in [2.05, 4.69) is 20.4 Å². The van der Waals surface area contributed by atoms with Gasteiger partial charge in [-0.3, -0.25) is 9.48 Å². The molecule has 1 N–H and O–H groups in total. The molecule has 4 rings (SSSR count). The van der Waals surface area contributed by atoms with E-state index in [0.29, 0.717) is 6.54 Å². The Bertz CT molecular complexity index is 1050. The second kappa shape index (κ2) is 8.64. The Morgan fingerprint density at radius 2 is 2.07 bits per heavy atom. The fourth-order valence-electron chi connectivity index (χ4n) is 2.77. The van der Waals surface area contributed by atoms with Gasteiger partial charge in [0.1, 0.15) is 17.7 Å². The van der Waals surface area contributed by atoms with Crippen LogP contribution in [0.5, 0.6) is 0 Å². The number of hydrogen-bond donors (Lipinski definition) is 1. The number of thiazole rings is 1. The zero-order chi connectivity index (χ0) is 19.3. The molecule has 28 heavy (non-hydrogen) atoms. The summed E-state index contributed by atoms with van der Waals surface area (Å²) in [6.07, 6.45) is 3.34. The Morgan fingerprint density at radius 3 is 2.79 bits per heavy atom. The first-order valence-corrected chi connectivity index (χ1v) is 10.6. The number of benzene rings is 1. The summed E-state index contributed by atoms with van der Waals surface area (Å²) in [5, 5.41) is 10.0. The topological polar surface area (TPSA) is 72.7 Å². The number of hydrogen-bond acceptors (Lipinski definition) is 6. The molecule has 0 saturated carbocycles. The van der Waals surface area contributed by atoms with Gasteiger partial charge in [0.25, 0.3) is 0 Å². The van der Waals surface area contributed by atoms with E-state index in [1.54, 1.807) is 11.0 Å². The van der Waals surface area contributed by atoms with Crippen LogP contribution in [0.25, 0.3) is 9.88 Å². The average Bonchev–Trinajstić information content (AvgIpc) is 3.44. The van der Waals surface area contributed by atoms with Crippen molar-refractivity contribution in [2.45, 2.75) is 19.0 Å². The molecule has 1 amide bonds. The third-order valence-electron chi connectivity index (χ3n) is 4.05.